The van der Waals surface area contributed by atoms with Gasteiger partial charge in [-0.2, -0.15) is 0 Å². The molecule has 1 aromatic carbocycles. The molecule has 0 saturated heterocycles. The number of imidazole rings is 1. The summed E-state index contributed by atoms with van der Waals surface area (Å²) in [7, 11) is 0. The zero-order valence-electron chi connectivity index (χ0n) is 7.88. The highest BCUT2D eigenvalue weighted by Gasteiger charge is 2.00. The first-order chi connectivity index (χ1) is 7.43. The smallest absolute Gasteiger partial charge is 0.115 e. The third-order valence-electron chi connectivity index (χ3n) is 2.32. The van der Waals surface area contributed by atoms with Crippen LogP contribution in [0.1, 0.15) is 0 Å². The number of hydrogen-bond acceptors (Lipinski definition) is 3. The number of benzene rings is 1. The van der Waals surface area contributed by atoms with E-state index in [1.807, 2.05) is 18.2 Å². The fourth-order valence-corrected chi connectivity index (χ4v) is 1.56. The van der Waals surface area contributed by atoms with Crippen molar-refractivity contribution >= 4 is 11.0 Å². The molecule has 0 spiro atoms. The van der Waals surface area contributed by atoms with Crippen molar-refractivity contribution in [3.8, 4) is 11.1 Å². The third kappa shape index (κ3) is 1.36. The van der Waals surface area contributed by atoms with E-state index in [-0.39, 0.29) is 0 Å². The lowest BCUT2D eigenvalue weighted by Gasteiger charge is -1.99. The molecule has 3 rings (SSSR count). The number of nitrogens with zero attached hydrogens (tertiary/aromatic N) is 3. The summed E-state index contributed by atoms with van der Waals surface area (Å²) in [6, 6.07) is 6.05. The van der Waals surface area contributed by atoms with Gasteiger partial charge in [0.25, 0.3) is 0 Å². The summed E-state index contributed by atoms with van der Waals surface area (Å²) in [5.41, 5.74) is 4.07. The van der Waals surface area contributed by atoms with Gasteiger partial charge in [0.05, 0.1) is 17.4 Å². The Hall–Kier alpha value is -2.23. The predicted molar refractivity (Wildman–Crippen MR) is 57.1 cm³/mol. The molecule has 2 heterocycles. The first-order valence-electron chi connectivity index (χ1n) is 4.62. The van der Waals surface area contributed by atoms with Gasteiger partial charge >= 0.3 is 0 Å². The summed E-state index contributed by atoms with van der Waals surface area (Å²) in [5.74, 6) is 0. The van der Waals surface area contributed by atoms with Gasteiger partial charge in [0.1, 0.15) is 6.33 Å². The quantitative estimate of drug-likeness (QED) is 0.647. The van der Waals surface area contributed by atoms with Crippen LogP contribution in [-0.4, -0.2) is 19.9 Å². The fourth-order valence-electron chi connectivity index (χ4n) is 1.56. The molecule has 0 aliphatic carbocycles. The van der Waals surface area contributed by atoms with Crippen molar-refractivity contribution < 1.29 is 0 Å². The maximum Gasteiger partial charge on any atom is 0.115 e. The van der Waals surface area contributed by atoms with Gasteiger partial charge in [0.15, 0.2) is 0 Å². The van der Waals surface area contributed by atoms with Crippen LogP contribution in [0, 0.1) is 0 Å². The van der Waals surface area contributed by atoms with Crippen LogP contribution in [0.4, 0.5) is 0 Å². The molecule has 0 unspecified atom stereocenters. The molecule has 2 aromatic heterocycles. The summed E-state index contributed by atoms with van der Waals surface area (Å²) in [6.45, 7) is 0. The van der Waals surface area contributed by atoms with E-state index in [4.69, 9.17) is 0 Å². The number of fused-ring (bicyclic) bond motifs is 1. The third-order valence-corrected chi connectivity index (χ3v) is 2.32. The van der Waals surface area contributed by atoms with Gasteiger partial charge in [-0.05, 0) is 17.7 Å². The zero-order valence-corrected chi connectivity index (χ0v) is 7.88. The highest BCUT2D eigenvalue weighted by Crippen LogP contribution is 2.20. The van der Waals surface area contributed by atoms with E-state index >= 15 is 0 Å². The monoisotopic (exact) mass is 196 g/mol. The van der Waals surface area contributed by atoms with Gasteiger partial charge in [-0.25, -0.2) is 15.0 Å². The van der Waals surface area contributed by atoms with Crippen LogP contribution in [-0.2, 0) is 0 Å². The fraction of sp³-hybridized carbons (Fsp3) is 0. The van der Waals surface area contributed by atoms with Crippen LogP contribution >= 0.6 is 0 Å². The molecular formula is C11H8N4. The second-order valence-corrected chi connectivity index (χ2v) is 3.26. The van der Waals surface area contributed by atoms with Crippen molar-refractivity contribution in [2.45, 2.75) is 0 Å². The molecule has 0 fully saturated rings. The van der Waals surface area contributed by atoms with Gasteiger partial charge in [-0.1, -0.05) is 6.07 Å². The zero-order chi connectivity index (χ0) is 10.1. The summed E-state index contributed by atoms with van der Waals surface area (Å²) in [4.78, 5) is 15.2. The average Bonchev–Trinajstić information content (AvgIpc) is 2.77. The number of rotatable bonds is 1. The standard InChI is InChI=1S/C11H8N4/c1-2-10-11(15-7-14-10)3-8(1)9-4-12-6-13-5-9/h1-7H,(H,14,15). The lowest BCUT2D eigenvalue weighted by atomic mass is 10.1. The Kier molecular flexibility index (Phi) is 1.71. The van der Waals surface area contributed by atoms with E-state index in [9.17, 15) is 0 Å². The molecule has 0 aliphatic heterocycles. The van der Waals surface area contributed by atoms with E-state index in [0.717, 1.165) is 22.2 Å². The number of hydrogen-bond donors (Lipinski definition) is 1. The molecule has 72 valence electrons. The summed E-state index contributed by atoms with van der Waals surface area (Å²) < 4.78 is 0. The van der Waals surface area contributed by atoms with E-state index in [1.165, 1.54) is 6.33 Å². The molecule has 15 heavy (non-hydrogen) atoms. The van der Waals surface area contributed by atoms with E-state index in [1.54, 1.807) is 18.7 Å². The predicted octanol–water partition coefficient (Wildman–Crippen LogP) is 2.02. The van der Waals surface area contributed by atoms with Crippen LogP contribution in [0.3, 0.4) is 0 Å². The Labute approximate surface area is 86.0 Å². The highest BCUT2D eigenvalue weighted by atomic mass is 14.9. The topological polar surface area (TPSA) is 54.5 Å². The van der Waals surface area contributed by atoms with Crippen LogP contribution in [0.25, 0.3) is 22.2 Å². The Morgan fingerprint density at radius 1 is 1.00 bits per heavy atom. The maximum absolute atomic E-state index is 4.21. The Morgan fingerprint density at radius 3 is 2.73 bits per heavy atom. The molecule has 4 nitrogen and oxygen atoms in total. The summed E-state index contributed by atoms with van der Waals surface area (Å²) in [6.07, 6.45) is 6.80. The first-order valence-corrected chi connectivity index (χ1v) is 4.62. The van der Waals surface area contributed by atoms with Gasteiger partial charge in [0, 0.05) is 18.0 Å². The van der Waals surface area contributed by atoms with Gasteiger partial charge < -0.3 is 4.98 Å². The Bertz CT molecular complexity index is 586. The highest BCUT2D eigenvalue weighted by molar-refractivity contribution is 5.81. The van der Waals surface area contributed by atoms with Crippen molar-refractivity contribution in [1.82, 2.24) is 19.9 Å². The maximum atomic E-state index is 4.21. The van der Waals surface area contributed by atoms with E-state index in [2.05, 4.69) is 19.9 Å². The Morgan fingerprint density at radius 2 is 1.87 bits per heavy atom. The number of aromatic amines is 1. The van der Waals surface area contributed by atoms with Crippen LogP contribution in [0.5, 0.6) is 0 Å². The summed E-state index contributed by atoms with van der Waals surface area (Å²) in [5, 5.41) is 0. The molecule has 0 amide bonds. The molecule has 0 saturated carbocycles. The normalized spacial score (nSPS) is 10.7. The van der Waals surface area contributed by atoms with Crippen molar-refractivity contribution in [2.24, 2.45) is 0 Å². The van der Waals surface area contributed by atoms with Crippen molar-refractivity contribution in [1.29, 1.82) is 0 Å². The molecule has 1 N–H and O–H groups in total. The van der Waals surface area contributed by atoms with Gasteiger partial charge in [-0.3, -0.25) is 0 Å². The lowest BCUT2D eigenvalue weighted by Crippen LogP contribution is -1.81. The van der Waals surface area contributed by atoms with Gasteiger partial charge in [0.2, 0.25) is 0 Å². The first kappa shape index (κ1) is 8.11. The second kappa shape index (κ2) is 3.16. The number of H-pyrrole nitrogens is 1. The lowest BCUT2D eigenvalue weighted by molar-refractivity contribution is 1.17. The summed E-state index contributed by atoms with van der Waals surface area (Å²) >= 11 is 0. The van der Waals surface area contributed by atoms with Crippen molar-refractivity contribution in [2.75, 3.05) is 0 Å². The number of aromatic nitrogens is 4. The minimum atomic E-state index is 0.955. The molecule has 0 radical (unpaired) electrons. The number of nitrogens with one attached hydrogen (secondary N) is 1. The second-order valence-electron chi connectivity index (χ2n) is 3.26. The van der Waals surface area contributed by atoms with E-state index < -0.39 is 0 Å². The van der Waals surface area contributed by atoms with Gasteiger partial charge in [-0.15, -0.1) is 0 Å². The largest absolute Gasteiger partial charge is 0.345 e. The van der Waals surface area contributed by atoms with E-state index in [0.29, 0.717) is 0 Å². The Balaban J connectivity index is 2.19. The molecule has 0 aliphatic rings. The minimum absolute atomic E-state index is 0.955. The molecule has 3 aromatic rings. The molecule has 4 heteroatoms. The molecular weight excluding hydrogens is 188 g/mol. The van der Waals surface area contributed by atoms with Crippen LogP contribution in [0.15, 0.2) is 43.2 Å². The van der Waals surface area contributed by atoms with Crippen LogP contribution in [0.2, 0.25) is 0 Å². The average molecular weight is 196 g/mol. The van der Waals surface area contributed by atoms with Crippen molar-refractivity contribution in [3.05, 3.63) is 43.2 Å². The molecule has 0 atom stereocenters. The molecule has 0 bridgehead atoms. The SMILES string of the molecule is c1ncc(-c2ccc3[nH]cnc3c2)cn1. The van der Waals surface area contributed by atoms with Crippen LogP contribution < -0.4 is 0 Å². The van der Waals surface area contributed by atoms with Crippen molar-refractivity contribution in [3.63, 3.8) is 0 Å². The minimum Gasteiger partial charge on any atom is -0.345 e.